The summed E-state index contributed by atoms with van der Waals surface area (Å²) in [6.45, 7) is 2.42. The summed E-state index contributed by atoms with van der Waals surface area (Å²) < 4.78 is 5.80. The first-order valence-electron chi connectivity index (χ1n) is 5.91. The van der Waals surface area contributed by atoms with Gasteiger partial charge in [-0.25, -0.2) is 4.98 Å². The minimum Gasteiger partial charge on any atom is -0.485 e. The molecule has 19 heavy (non-hydrogen) atoms. The molecular formula is C14H13N3OS. The number of ether oxygens (including phenoxy) is 1. The third kappa shape index (κ3) is 2.37. The Balaban J connectivity index is 1.91. The molecule has 2 heterocycles. The average molecular weight is 271 g/mol. The molecule has 0 amide bonds. The van der Waals surface area contributed by atoms with Crippen LogP contribution in [0.4, 0.5) is 5.69 Å². The minimum absolute atomic E-state index is 0.444. The number of nitrogen functional groups attached to an aromatic ring is 1. The number of benzene rings is 1. The molecule has 2 N–H and O–H groups in total. The van der Waals surface area contributed by atoms with Gasteiger partial charge in [-0.3, -0.25) is 4.98 Å². The second-order valence-corrected chi connectivity index (χ2v) is 5.26. The number of hydrogen-bond donors (Lipinski definition) is 1. The van der Waals surface area contributed by atoms with E-state index in [1.807, 2.05) is 36.6 Å². The van der Waals surface area contributed by atoms with Crippen LogP contribution in [0.3, 0.4) is 0 Å². The maximum absolute atomic E-state index is 5.93. The fraction of sp³-hybridized carbons (Fsp3) is 0.143. The van der Waals surface area contributed by atoms with Crippen molar-refractivity contribution >= 4 is 27.9 Å². The zero-order valence-electron chi connectivity index (χ0n) is 10.5. The van der Waals surface area contributed by atoms with E-state index < -0.39 is 0 Å². The Hall–Kier alpha value is -2.14. The van der Waals surface area contributed by atoms with Crippen molar-refractivity contribution in [2.45, 2.75) is 13.5 Å². The first-order valence-corrected chi connectivity index (χ1v) is 6.79. The van der Waals surface area contributed by atoms with Crippen LogP contribution >= 0.6 is 11.3 Å². The van der Waals surface area contributed by atoms with E-state index in [-0.39, 0.29) is 0 Å². The Morgan fingerprint density at radius 1 is 1.32 bits per heavy atom. The summed E-state index contributed by atoms with van der Waals surface area (Å²) in [5.41, 5.74) is 8.36. The highest BCUT2D eigenvalue weighted by molar-refractivity contribution is 7.09. The first-order chi connectivity index (χ1) is 9.24. The summed E-state index contributed by atoms with van der Waals surface area (Å²) in [5, 5.41) is 3.95. The van der Waals surface area contributed by atoms with Crippen LogP contribution < -0.4 is 10.5 Å². The molecule has 2 aromatic heterocycles. The lowest BCUT2D eigenvalue weighted by Gasteiger charge is -2.08. The Labute approximate surface area is 114 Å². The van der Waals surface area contributed by atoms with Gasteiger partial charge in [0.15, 0.2) is 0 Å². The van der Waals surface area contributed by atoms with Gasteiger partial charge in [0.1, 0.15) is 17.9 Å². The van der Waals surface area contributed by atoms with Crippen LogP contribution in [0.25, 0.3) is 10.9 Å². The van der Waals surface area contributed by atoms with Gasteiger partial charge in [-0.1, -0.05) is 0 Å². The maximum Gasteiger partial charge on any atom is 0.146 e. The molecule has 0 saturated heterocycles. The third-order valence-corrected chi connectivity index (χ3v) is 3.63. The van der Waals surface area contributed by atoms with Gasteiger partial charge in [0, 0.05) is 22.7 Å². The number of anilines is 1. The van der Waals surface area contributed by atoms with Gasteiger partial charge < -0.3 is 10.5 Å². The highest BCUT2D eigenvalue weighted by Gasteiger charge is 2.07. The van der Waals surface area contributed by atoms with E-state index in [0.29, 0.717) is 12.3 Å². The second-order valence-electron chi connectivity index (χ2n) is 4.20. The van der Waals surface area contributed by atoms with Crippen molar-refractivity contribution in [3.05, 3.63) is 46.5 Å². The highest BCUT2D eigenvalue weighted by Crippen LogP contribution is 2.28. The summed E-state index contributed by atoms with van der Waals surface area (Å²) in [6.07, 6.45) is 1.74. The van der Waals surface area contributed by atoms with E-state index in [4.69, 9.17) is 10.5 Å². The molecule has 0 atom stereocenters. The van der Waals surface area contributed by atoms with Crippen molar-refractivity contribution in [2.24, 2.45) is 0 Å². The zero-order valence-corrected chi connectivity index (χ0v) is 11.3. The number of rotatable bonds is 3. The van der Waals surface area contributed by atoms with Crippen LogP contribution in [0.2, 0.25) is 0 Å². The molecule has 5 heteroatoms. The van der Waals surface area contributed by atoms with Crippen LogP contribution in [0.15, 0.2) is 35.8 Å². The van der Waals surface area contributed by atoms with Crippen LogP contribution in [-0.4, -0.2) is 9.97 Å². The normalized spacial score (nSPS) is 10.8. The monoisotopic (exact) mass is 271 g/mol. The minimum atomic E-state index is 0.444. The Bertz CT molecular complexity index is 724. The molecule has 0 unspecified atom stereocenters. The second kappa shape index (κ2) is 4.85. The van der Waals surface area contributed by atoms with Gasteiger partial charge in [0.05, 0.1) is 10.7 Å². The molecule has 0 saturated carbocycles. The molecule has 3 rings (SSSR count). The third-order valence-electron chi connectivity index (χ3n) is 2.81. The average Bonchev–Trinajstić information content (AvgIpc) is 2.84. The molecule has 0 spiro atoms. The molecule has 0 radical (unpaired) electrons. The predicted octanol–water partition coefficient (Wildman–Crippen LogP) is 3.16. The SMILES string of the molecule is Cc1nc(COc2ccc(N)c3cccnc23)cs1. The van der Waals surface area contributed by atoms with Crippen molar-refractivity contribution in [2.75, 3.05) is 5.73 Å². The van der Waals surface area contributed by atoms with Crippen molar-refractivity contribution in [3.8, 4) is 5.75 Å². The molecule has 0 aliphatic carbocycles. The molecule has 4 nitrogen and oxygen atoms in total. The standard InChI is InChI=1S/C14H13N3OS/c1-9-17-10(8-19-9)7-18-13-5-4-12(15)11-3-2-6-16-14(11)13/h2-6,8H,7,15H2,1H3. The van der Waals surface area contributed by atoms with Gasteiger partial charge in [-0.05, 0) is 31.2 Å². The molecule has 0 fully saturated rings. The van der Waals surface area contributed by atoms with E-state index in [1.165, 1.54) is 0 Å². The van der Waals surface area contributed by atoms with E-state index in [9.17, 15) is 0 Å². The molecule has 0 aliphatic rings. The van der Waals surface area contributed by atoms with Crippen molar-refractivity contribution in [1.82, 2.24) is 9.97 Å². The Morgan fingerprint density at radius 3 is 3.00 bits per heavy atom. The van der Waals surface area contributed by atoms with E-state index in [1.54, 1.807) is 17.5 Å². The quantitative estimate of drug-likeness (QED) is 0.743. The lowest BCUT2D eigenvalue weighted by atomic mass is 10.2. The molecular weight excluding hydrogens is 258 g/mol. The first kappa shape index (κ1) is 11.9. The van der Waals surface area contributed by atoms with Crippen LogP contribution in [0.1, 0.15) is 10.7 Å². The van der Waals surface area contributed by atoms with Crippen LogP contribution in [0, 0.1) is 6.92 Å². The lowest BCUT2D eigenvalue weighted by Crippen LogP contribution is -1.98. The van der Waals surface area contributed by atoms with Gasteiger partial charge in [0.2, 0.25) is 0 Å². The maximum atomic E-state index is 5.93. The fourth-order valence-corrected chi connectivity index (χ4v) is 2.51. The summed E-state index contributed by atoms with van der Waals surface area (Å²) in [6, 6.07) is 7.50. The number of thiazole rings is 1. The number of hydrogen-bond acceptors (Lipinski definition) is 5. The van der Waals surface area contributed by atoms with Crippen molar-refractivity contribution < 1.29 is 4.74 Å². The van der Waals surface area contributed by atoms with Gasteiger partial charge in [0.25, 0.3) is 0 Å². The summed E-state index contributed by atoms with van der Waals surface area (Å²) in [4.78, 5) is 8.71. The predicted molar refractivity (Wildman–Crippen MR) is 77.3 cm³/mol. The van der Waals surface area contributed by atoms with Gasteiger partial charge in [-0.15, -0.1) is 11.3 Å². The summed E-state index contributed by atoms with van der Waals surface area (Å²) in [5.74, 6) is 0.732. The van der Waals surface area contributed by atoms with Crippen molar-refractivity contribution in [3.63, 3.8) is 0 Å². The largest absolute Gasteiger partial charge is 0.485 e. The number of pyridine rings is 1. The number of aryl methyl sites for hydroxylation is 1. The Kier molecular flexibility index (Phi) is 3.05. The smallest absolute Gasteiger partial charge is 0.146 e. The van der Waals surface area contributed by atoms with Gasteiger partial charge >= 0.3 is 0 Å². The fourth-order valence-electron chi connectivity index (χ4n) is 1.91. The topological polar surface area (TPSA) is 61.0 Å². The zero-order chi connectivity index (χ0) is 13.2. The van der Waals surface area contributed by atoms with Crippen LogP contribution in [0.5, 0.6) is 5.75 Å². The van der Waals surface area contributed by atoms with Gasteiger partial charge in [-0.2, -0.15) is 0 Å². The number of aromatic nitrogens is 2. The van der Waals surface area contributed by atoms with E-state index in [0.717, 1.165) is 27.4 Å². The number of fused-ring (bicyclic) bond motifs is 1. The number of nitrogens with zero attached hydrogens (tertiary/aromatic N) is 2. The molecule has 0 bridgehead atoms. The molecule has 1 aromatic carbocycles. The molecule has 0 aliphatic heterocycles. The molecule has 96 valence electrons. The summed E-state index contributed by atoms with van der Waals surface area (Å²) in [7, 11) is 0. The van der Waals surface area contributed by atoms with E-state index in [2.05, 4.69) is 9.97 Å². The van der Waals surface area contributed by atoms with Crippen LogP contribution in [-0.2, 0) is 6.61 Å². The lowest BCUT2D eigenvalue weighted by molar-refractivity contribution is 0.305. The Morgan fingerprint density at radius 2 is 2.21 bits per heavy atom. The molecule has 3 aromatic rings. The summed E-state index contributed by atoms with van der Waals surface area (Å²) >= 11 is 1.62. The van der Waals surface area contributed by atoms with E-state index >= 15 is 0 Å². The highest BCUT2D eigenvalue weighted by atomic mass is 32.1. The number of nitrogens with two attached hydrogens (primary N) is 1. The van der Waals surface area contributed by atoms with Crippen molar-refractivity contribution in [1.29, 1.82) is 0 Å².